The zero-order valence-electron chi connectivity index (χ0n) is 5.71. The Labute approximate surface area is 59.2 Å². The van der Waals surface area contributed by atoms with Gasteiger partial charge in [-0.25, -0.2) is 4.39 Å². The van der Waals surface area contributed by atoms with Crippen LogP contribution in [0.2, 0.25) is 0 Å². The van der Waals surface area contributed by atoms with E-state index in [1.165, 1.54) is 6.08 Å². The largest absolute Gasteiger partial charge is 0.257 e. The van der Waals surface area contributed by atoms with E-state index in [0.29, 0.717) is 12.0 Å². The molecular formula is C8H8FN. The Kier molecular flexibility index (Phi) is 2.15. The van der Waals surface area contributed by atoms with E-state index >= 15 is 0 Å². The highest BCUT2D eigenvalue weighted by molar-refractivity contribution is 5.42. The van der Waals surface area contributed by atoms with Gasteiger partial charge in [-0.3, -0.25) is 4.98 Å². The second-order valence-corrected chi connectivity index (χ2v) is 2.05. The highest BCUT2D eigenvalue weighted by Gasteiger charge is 1.85. The number of pyridine rings is 1. The van der Waals surface area contributed by atoms with Gasteiger partial charge >= 0.3 is 0 Å². The average molecular weight is 137 g/mol. The van der Waals surface area contributed by atoms with E-state index in [-0.39, 0.29) is 0 Å². The summed E-state index contributed by atoms with van der Waals surface area (Å²) in [7, 11) is 0. The summed E-state index contributed by atoms with van der Waals surface area (Å²) in [6.45, 7) is 1.94. The van der Waals surface area contributed by atoms with Gasteiger partial charge in [0.05, 0.1) is 12.0 Å². The van der Waals surface area contributed by atoms with Crippen molar-refractivity contribution in [2.75, 3.05) is 0 Å². The maximum Gasteiger partial charge on any atom is 0.0888 e. The lowest BCUT2D eigenvalue weighted by Gasteiger charge is -1.90. The van der Waals surface area contributed by atoms with Gasteiger partial charge in [0, 0.05) is 6.20 Å². The Hall–Kier alpha value is -1.18. The van der Waals surface area contributed by atoms with Gasteiger partial charge in [0.2, 0.25) is 0 Å². The molecule has 0 amide bonds. The first-order valence-corrected chi connectivity index (χ1v) is 3.02. The van der Waals surface area contributed by atoms with E-state index in [1.807, 2.05) is 13.0 Å². The number of hydrogen-bond acceptors (Lipinski definition) is 1. The van der Waals surface area contributed by atoms with Crippen molar-refractivity contribution in [3.63, 3.8) is 0 Å². The molecule has 0 spiro atoms. The highest BCUT2D eigenvalue weighted by Crippen LogP contribution is 1.99. The van der Waals surface area contributed by atoms with Crippen molar-refractivity contribution in [1.82, 2.24) is 4.98 Å². The second-order valence-electron chi connectivity index (χ2n) is 2.05. The molecule has 52 valence electrons. The van der Waals surface area contributed by atoms with Gasteiger partial charge in [0.25, 0.3) is 0 Å². The molecule has 0 saturated carbocycles. The molecule has 1 heterocycles. The predicted molar refractivity (Wildman–Crippen MR) is 39.1 cm³/mol. The van der Waals surface area contributed by atoms with Crippen molar-refractivity contribution in [2.45, 2.75) is 6.92 Å². The Bertz CT molecular complexity index is 226. The van der Waals surface area contributed by atoms with E-state index in [9.17, 15) is 4.39 Å². The molecule has 0 unspecified atom stereocenters. The molecule has 0 aliphatic carbocycles. The Morgan fingerprint density at radius 2 is 2.30 bits per heavy atom. The monoisotopic (exact) mass is 137 g/mol. The molecule has 10 heavy (non-hydrogen) atoms. The fraction of sp³-hybridized carbons (Fsp3) is 0.125. The summed E-state index contributed by atoms with van der Waals surface area (Å²) in [6.07, 6.45) is 3.51. The van der Waals surface area contributed by atoms with Gasteiger partial charge in [0.1, 0.15) is 0 Å². The summed E-state index contributed by atoms with van der Waals surface area (Å²) in [5.74, 6) is 0. The molecule has 0 bridgehead atoms. The molecular weight excluding hydrogens is 129 g/mol. The predicted octanol–water partition coefficient (Wildman–Crippen LogP) is 2.33. The number of aryl methyl sites for hydroxylation is 1. The Balaban J connectivity index is 2.89. The summed E-state index contributed by atoms with van der Waals surface area (Å²) >= 11 is 0. The maximum absolute atomic E-state index is 11.6. The van der Waals surface area contributed by atoms with Crippen molar-refractivity contribution in [3.05, 3.63) is 35.9 Å². The maximum atomic E-state index is 11.6. The molecule has 0 saturated heterocycles. The third-order valence-corrected chi connectivity index (χ3v) is 1.17. The van der Waals surface area contributed by atoms with E-state index in [0.717, 1.165) is 5.56 Å². The van der Waals surface area contributed by atoms with Gasteiger partial charge in [0.15, 0.2) is 0 Å². The van der Waals surface area contributed by atoms with Gasteiger partial charge in [-0.2, -0.15) is 0 Å². The molecule has 1 aromatic heterocycles. The van der Waals surface area contributed by atoms with Crippen LogP contribution in [-0.2, 0) is 0 Å². The van der Waals surface area contributed by atoms with Crippen LogP contribution in [0.5, 0.6) is 0 Å². The fourth-order valence-corrected chi connectivity index (χ4v) is 0.642. The lowest BCUT2D eigenvalue weighted by atomic mass is 10.3. The Morgan fingerprint density at radius 1 is 1.50 bits per heavy atom. The van der Waals surface area contributed by atoms with Crippen LogP contribution in [0.3, 0.4) is 0 Å². The van der Waals surface area contributed by atoms with Crippen molar-refractivity contribution >= 4 is 6.08 Å². The third kappa shape index (κ3) is 1.65. The standard InChI is InChI=1S/C8H8FN/c1-7-2-3-8(4-5-9)10-6-7/h2-6H,1H3/b5-4-. The van der Waals surface area contributed by atoms with Crippen molar-refractivity contribution in [1.29, 1.82) is 0 Å². The van der Waals surface area contributed by atoms with Crippen LogP contribution in [0, 0.1) is 6.92 Å². The van der Waals surface area contributed by atoms with Crippen LogP contribution in [0.1, 0.15) is 11.3 Å². The van der Waals surface area contributed by atoms with Crippen LogP contribution in [-0.4, -0.2) is 4.98 Å². The third-order valence-electron chi connectivity index (χ3n) is 1.17. The minimum absolute atomic E-state index is 0.484. The van der Waals surface area contributed by atoms with Crippen LogP contribution in [0.15, 0.2) is 24.7 Å². The summed E-state index contributed by atoms with van der Waals surface area (Å²) in [5.41, 5.74) is 1.73. The van der Waals surface area contributed by atoms with E-state index in [2.05, 4.69) is 4.98 Å². The van der Waals surface area contributed by atoms with Gasteiger partial charge < -0.3 is 0 Å². The molecule has 1 nitrogen and oxygen atoms in total. The first-order valence-electron chi connectivity index (χ1n) is 3.02. The molecule has 0 atom stereocenters. The van der Waals surface area contributed by atoms with Crippen molar-refractivity contribution in [2.24, 2.45) is 0 Å². The average Bonchev–Trinajstić information content (AvgIpc) is 1.95. The van der Waals surface area contributed by atoms with Crippen molar-refractivity contribution in [3.8, 4) is 0 Å². The first kappa shape index (κ1) is 6.93. The molecule has 0 aliphatic rings. The summed E-state index contributed by atoms with van der Waals surface area (Å²) in [4.78, 5) is 3.94. The zero-order valence-corrected chi connectivity index (χ0v) is 5.71. The molecule has 0 aliphatic heterocycles. The molecule has 1 rings (SSSR count). The normalized spacial score (nSPS) is 10.6. The molecule has 1 aromatic rings. The van der Waals surface area contributed by atoms with Gasteiger partial charge in [-0.15, -0.1) is 0 Å². The topological polar surface area (TPSA) is 12.9 Å². The van der Waals surface area contributed by atoms with Crippen LogP contribution < -0.4 is 0 Å². The first-order chi connectivity index (χ1) is 4.83. The number of halogens is 1. The van der Waals surface area contributed by atoms with E-state index < -0.39 is 0 Å². The van der Waals surface area contributed by atoms with Gasteiger partial charge in [-0.1, -0.05) is 6.07 Å². The molecule has 2 heteroatoms. The summed E-state index contributed by atoms with van der Waals surface area (Å²) in [6, 6.07) is 3.66. The minimum Gasteiger partial charge on any atom is -0.257 e. The Morgan fingerprint density at radius 3 is 2.80 bits per heavy atom. The number of nitrogens with zero attached hydrogens (tertiary/aromatic N) is 1. The van der Waals surface area contributed by atoms with Crippen LogP contribution in [0.4, 0.5) is 4.39 Å². The minimum atomic E-state index is 0.484. The lowest BCUT2D eigenvalue weighted by Crippen LogP contribution is -1.79. The molecule has 0 fully saturated rings. The molecule has 0 radical (unpaired) electrons. The second kappa shape index (κ2) is 3.11. The van der Waals surface area contributed by atoms with Crippen LogP contribution in [0.25, 0.3) is 6.08 Å². The molecule has 0 aromatic carbocycles. The lowest BCUT2D eigenvalue weighted by molar-refractivity contribution is 0.727. The smallest absolute Gasteiger partial charge is 0.0888 e. The molecule has 0 N–H and O–H groups in total. The van der Waals surface area contributed by atoms with E-state index in [1.54, 1.807) is 12.3 Å². The van der Waals surface area contributed by atoms with Crippen molar-refractivity contribution < 1.29 is 4.39 Å². The summed E-state index contributed by atoms with van der Waals surface area (Å²) < 4.78 is 11.6. The number of rotatable bonds is 1. The van der Waals surface area contributed by atoms with Crippen LogP contribution >= 0.6 is 0 Å². The summed E-state index contributed by atoms with van der Waals surface area (Å²) in [5, 5.41) is 0. The fourth-order valence-electron chi connectivity index (χ4n) is 0.642. The van der Waals surface area contributed by atoms with E-state index in [4.69, 9.17) is 0 Å². The quantitative estimate of drug-likeness (QED) is 0.578. The highest BCUT2D eigenvalue weighted by atomic mass is 19.1. The number of hydrogen-bond donors (Lipinski definition) is 0. The SMILES string of the molecule is Cc1ccc(/C=C\F)nc1. The zero-order chi connectivity index (χ0) is 7.40. The van der Waals surface area contributed by atoms with Gasteiger partial charge in [-0.05, 0) is 24.6 Å². The number of aromatic nitrogens is 1.